The number of guanidine groups is 1. The molecule has 1 rings (SSSR count). The second kappa shape index (κ2) is 9.15. The van der Waals surface area contributed by atoms with E-state index in [9.17, 15) is 0 Å². The maximum Gasteiger partial charge on any atom is 0.188 e. The third-order valence-corrected chi connectivity index (χ3v) is 3.58. The number of nitrogens with zero attached hydrogens (tertiary/aromatic N) is 3. The standard InChI is InChI=1S/C14H31N5/c1-4-5-6-16-14(15)17-11-13(2)12-19-9-7-18(3)8-10-19/h13H,4-12H2,1-3H3,(H3,15,16,17). The maximum atomic E-state index is 5.83. The van der Waals surface area contributed by atoms with Crippen LogP contribution in [0, 0.1) is 5.92 Å². The number of piperazine rings is 1. The molecule has 0 spiro atoms. The van der Waals surface area contributed by atoms with Crippen LogP contribution in [0.4, 0.5) is 0 Å². The molecule has 0 radical (unpaired) electrons. The number of likely N-dealkylation sites (N-methyl/N-ethyl adjacent to an activating group) is 1. The van der Waals surface area contributed by atoms with Crippen molar-refractivity contribution in [3.8, 4) is 0 Å². The van der Waals surface area contributed by atoms with Gasteiger partial charge < -0.3 is 20.9 Å². The molecule has 112 valence electrons. The van der Waals surface area contributed by atoms with Crippen molar-refractivity contribution in [1.29, 1.82) is 0 Å². The first-order chi connectivity index (χ1) is 9.11. The Bertz CT molecular complexity index is 259. The van der Waals surface area contributed by atoms with Crippen LogP contribution in [0.1, 0.15) is 26.7 Å². The van der Waals surface area contributed by atoms with Gasteiger partial charge in [-0.25, -0.2) is 0 Å². The summed E-state index contributed by atoms with van der Waals surface area (Å²) in [6.45, 7) is 12.0. The molecule has 5 heteroatoms. The van der Waals surface area contributed by atoms with Crippen LogP contribution in [0.25, 0.3) is 0 Å². The Morgan fingerprint density at radius 2 is 2.00 bits per heavy atom. The van der Waals surface area contributed by atoms with Crippen LogP contribution >= 0.6 is 0 Å². The van der Waals surface area contributed by atoms with E-state index in [0.29, 0.717) is 11.9 Å². The molecule has 0 amide bonds. The molecule has 19 heavy (non-hydrogen) atoms. The van der Waals surface area contributed by atoms with E-state index in [-0.39, 0.29) is 0 Å². The summed E-state index contributed by atoms with van der Waals surface area (Å²) in [5.41, 5.74) is 5.83. The van der Waals surface area contributed by atoms with Gasteiger partial charge in [0.1, 0.15) is 0 Å². The molecule has 1 aliphatic rings. The zero-order chi connectivity index (χ0) is 14.1. The minimum Gasteiger partial charge on any atom is -0.370 e. The monoisotopic (exact) mass is 269 g/mol. The highest BCUT2D eigenvalue weighted by Crippen LogP contribution is 2.04. The van der Waals surface area contributed by atoms with Gasteiger partial charge in [-0.05, 0) is 19.4 Å². The largest absolute Gasteiger partial charge is 0.370 e. The van der Waals surface area contributed by atoms with Crippen LogP contribution in [0.3, 0.4) is 0 Å². The van der Waals surface area contributed by atoms with Crippen LogP contribution in [-0.2, 0) is 0 Å². The van der Waals surface area contributed by atoms with E-state index in [0.717, 1.165) is 26.1 Å². The molecule has 1 aliphatic heterocycles. The summed E-state index contributed by atoms with van der Waals surface area (Å²) in [4.78, 5) is 9.34. The summed E-state index contributed by atoms with van der Waals surface area (Å²) >= 11 is 0. The molecule has 3 N–H and O–H groups in total. The second-order valence-corrected chi connectivity index (χ2v) is 5.72. The number of rotatable bonds is 7. The van der Waals surface area contributed by atoms with Crippen molar-refractivity contribution in [2.24, 2.45) is 16.6 Å². The molecule has 1 atom stereocenters. The Kier molecular flexibility index (Phi) is 7.82. The van der Waals surface area contributed by atoms with Crippen LogP contribution in [-0.4, -0.2) is 68.6 Å². The third-order valence-electron chi connectivity index (χ3n) is 3.58. The molecule has 0 aromatic carbocycles. The molecule has 1 fully saturated rings. The third kappa shape index (κ3) is 7.38. The van der Waals surface area contributed by atoms with Gasteiger partial charge in [0.05, 0.1) is 0 Å². The van der Waals surface area contributed by atoms with Gasteiger partial charge in [0.25, 0.3) is 0 Å². The zero-order valence-electron chi connectivity index (χ0n) is 12.9. The van der Waals surface area contributed by atoms with Crippen molar-refractivity contribution in [3.63, 3.8) is 0 Å². The normalized spacial score (nSPS) is 20.5. The predicted octanol–water partition coefficient (Wildman–Crippen LogP) is 0.574. The van der Waals surface area contributed by atoms with E-state index in [1.54, 1.807) is 0 Å². The van der Waals surface area contributed by atoms with Crippen molar-refractivity contribution in [2.75, 3.05) is 52.9 Å². The van der Waals surface area contributed by atoms with Crippen molar-refractivity contribution >= 4 is 5.96 Å². The molecule has 1 heterocycles. The Morgan fingerprint density at radius 1 is 1.32 bits per heavy atom. The van der Waals surface area contributed by atoms with Gasteiger partial charge in [-0.2, -0.15) is 0 Å². The fourth-order valence-electron chi connectivity index (χ4n) is 2.23. The highest BCUT2D eigenvalue weighted by molar-refractivity contribution is 5.77. The molecule has 0 saturated carbocycles. The quantitative estimate of drug-likeness (QED) is 0.403. The number of nitrogens with two attached hydrogens (primary N) is 1. The van der Waals surface area contributed by atoms with E-state index in [4.69, 9.17) is 5.73 Å². The second-order valence-electron chi connectivity index (χ2n) is 5.72. The van der Waals surface area contributed by atoms with Crippen LogP contribution < -0.4 is 11.1 Å². The Morgan fingerprint density at radius 3 is 2.63 bits per heavy atom. The minimum absolute atomic E-state index is 0.565. The minimum atomic E-state index is 0.565. The highest BCUT2D eigenvalue weighted by Gasteiger charge is 2.15. The molecule has 0 bridgehead atoms. The van der Waals surface area contributed by atoms with Crippen LogP contribution in [0.5, 0.6) is 0 Å². The van der Waals surface area contributed by atoms with E-state index in [1.807, 2.05) is 0 Å². The fraction of sp³-hybridized carbons (Fsp3) is 0.929. The summed E-state index contributed by atoms with van der Waals surface area (Å²) in [7, 11) is 2.19. The van der Waals surface area contributed by atoms with Gasteiger partial charge >= 0.3 is 0 Å². The lowest BCUT2D eigenvalue weighted by molar-refractivity contribution is 0.140. The van der Waals surface area contributed by atoms with Gasteiger partial charge in [-0.15, -0.1) is 0 Å². The number of aliphatic imine (C=N–C) groups is 1. The summed E-state index contributed by atoms with van der Waals surface area (Å²) in [6, 6.07) is 0. The van der Waals surface area contributed by atoms with Crippen molar-refractivity contribution in [3.05, 3.63) is 0 Å². The molecule has 1 unspecified atom stereocenters. The topological polar surface area (TPSA) is 56.9 Å². The van der Waals surface area contributed by atoms with Gasteiger partial charge in [0, 0.05) is 45.8 Å². The predicted molar refractivity (Wildman–Crippen MR) is 82.5 cm³/mol. The lowest BCUT2D eigenvalue weighted by atomic mass is 10.1. The van der Waals surface area contributed by atoms with Crippen LogP contribution in [0.15, 0.2) is 4.99 Å². The summed E-state index contributed by atoms with van der Waals surface area (Å²) in [6.07, 6.45) is 2.33. The summed E-state index contributed by atoms with van der Waals surface area (Å²) in [5, 5.41) is 3.16. The number of unbranched alkanes of at least 4 members (excludes halogenated alkanes) is 1. The Labute approximate surface area is 118 Å². The summed E-state index contributed by atoms with van der Waals surface area (Å²) in [5.74, 6) is 1.16. The highest BCUT2D eigenvalue weighted by atomic mass is 15.2. The first-order valence-corrected chi connectivity index (χ1v) is 7.56. The average molecular weight is 269 g/mol. The lowest BCUT2D eigenvalue weighted by Gasteiger charge is -2.33. The van der Waals surface area contributed by atoms with E-state index in [1.165, 1.54) is 32.6 Å². The Balaban J connectivity index is 2.16. The molecular formula is C14H31N5. The zero-order valence-corrected chi connectivity index (χ0v) is 12.9. The Hall–Kier alpha value is -0.810. The molecular weight excluding hydrogens is 238 g/mol. The number of hydrogen-bond acceptors (Lipinski definition) is 3. The molecule has 0 aliphatic carbocycles. The number of hydrogen-bond donors (Lipinski definition) is 2. The first kappa shape index (κ1) is 16.2. The van der Waals surface area contributed by atoms with E-state index >= 15 is 0 Å². The smallest absolute Gasteiger partial charge is 0.188 e. The molecule has 0 aromatic rings. The average Bonchev–Trinajstić information content (AvgIpc) is 2.39. The molecule has 5 nitrogen and oxygen atoms in total. The SMILES string of the molecule is CCCCNC(N)=NCC(C)CN1CCN(C)CC1. The molecule has 0 aromatic heterocycles. The maximum absolute atomic E-state index is 5.83. The number of nitrogens with one attached hydrogen (secondary N) is 1. The van der Waals surface area contributed by atoms with Crippen LogP contribution in [0.2, 0.25) is 0 Å². The molecule has 1 saturated heterocycles. The van der Waals surface area contributed by atoms with Gasteiger partial charge in [0.15, 0.2) is 5.96 Å². The van der Waals surface area contributed by atoms with Crippen molar-refractivity contribution in [1.82, 2.24) is 15.1 Å². The van der Waals surface area contributed by atoms with E-state index < -0.39 is 0 Å². The van der Waals surface area contributed by atoms with Gasteiger partial charge in [-0.1, -0.05) is 20.3 Å². The van der Waals surface area contributed by atoms with Crippen molar-refractivity contribution < 1.29 is 0 Å². The lowest BCUT2D eigenvalue weighted by Crippen LogP contribution is -2.46. The summed E-state index contributed by atoms with van der Waals surface area (Å²) < 4.78 is 0. The van der Waals surface area contributed by atoms with Crippen molar-refractivity contribution in [2.45, 2.75) is 26.7 Å². The first-order valence-electron chi connectivity index (χ1n) is 7.56. The fourth-order valence-corrected chi connectivity index (χ4v) is 2.23. The van der Waals surface area contributed by atoms with Gasteiger partial charge in [-0.3, -0.25) is 4.99 Å². The van der Waals surface area contributed by atoms with Gasteiger partial charge in [0.2, 0.25) is 0 Å². The van der Waals surface area contributed by atoms with E-state index in [2.05, 4.69) is 41.0 Å².